The summed E-state index contributed by atoms with van der Waals surface area (Å²) in [5.41, 5.74) is 2.23. The van der Waals surface area contributed by atoms with Crippen LogP contribution in [-0.4, -0.2) is 31.7 Å². The molecule has 0 aliphatic carbocycles. The Labute approximate surface area is 191 Å². The average molecular weight is 460 g/mol. The lowest BCUT2D eigenvalue weighted by Crippen LogP contribution is -2.48. The van der Waals surface area contributed by atoms with Gasteiger partial charge in [-0.3, -0.25) is 0 Å². The Balaban J connectivity index is 1.47. The minimum Gasteiger partial charge on any atom is -0.406 e. The maximum Gasteiger partial charge on any atom is 0.573 e. The molecule has 5 rings (SSSR count). The molecular weight excluding hydrogens is 433 g/mol. The quantitative estimate of drug-likeness (QED) is 0.643. The molecule has 3 atom stereocenters. The summed E-state index contributed by atoms with van der Waals surface area (Å²) in [7, 11) is 0. The average Bonchev–Trinajstić information content (AvgIpc) is 3.40. The number of rotatable bonds is 4. The molecule has 2 aromatic rings. The van der Waals surface area contributed by atoms with Gasteiger partial charge in [0.2, 0.25) is 0 Å². The zero-order chi connectivity index (χ0) is 23.1. The van der Waals surface area contributed by atoms with Gasteiger partial charge in [-0.1, -0.05) is 30.3 Å². The zero-order valence-electron chi connectivity index (χ0n) is 18.4. The van der Waals surface area contributed by atoms with Crippen molar-refractivity contribution in [1.82, 2.24) is 5.32 Å². The Morgan fingerprint density at radius 2 is 1.97 bits per heavy atom. The summed E-state index contributed by atoms with van der Waals surface area (Å²) >= 11 is 0. The number of alkyl halides is 3. The molecule has 33 heavy (non-hydrogen) atoms. The predicted molar refractivity (Wildman–Crippen MR) is 118 cm³/mol. The van der Waals surface area contributed by atoms with E-state index >= 15 is 0 Å². The molecule has 2 aromatic carbocycles. The highest BCUT2D eigenvalue weighted by Crippen LogP contribution is 2.50. The van der Waals surface area contributed by atoms with Crippen LogP contribution in [0.3, 0.4) is 0 Å². The van der Waals surface area contributed by atoms with Crippen molar-refractivity contribution in [3.63, 3.8) is 0 Å². The third-order valence-electron chi connectivity index (χ3n) is 6.69. The molecule has 176 valence electrons. The van der Waals surface area contributed by atoms with E-state index in [2.05, 4.69) is 22.2 Å². The molecule has 0 bridgehead atoms. The van der Waals surface area contributed by atoms with Crippen LogP contribution < -0.4 is 15.1 Å². The van der Waals surface area contributed by atoms with Gasteiger partial charge >= 0.3 is 6.36 Å². The number of hydroxylamine groups is 1. The molecule has 0 amide bonds. The van der Waals surface area contributed by atoms with Crippen LogP contribution in [-0.2, 0) is 9.57 Å². The van der Waals surface area contributed by atoms with Crippen molar-refractivity contribution >= 4 is 5.69 Å². The summed E-state index contributed by atoms with van der Waals surface area (Å²) in [6.07, 6.45) is -0.237. The molecule has 5 nitrogen and oxygen atoms in total. The van der Waals surface area contributed by atoms with Gasteiger partial charge in [-0.05, 0) is 68.1 Å². The number of ether oxygens (including phenoxy) is 2. The van der Waals surface area contributed by atoms with Gasteiger partial charge in [0.05, 0.1) is 30.5 Å². The van der Waals surface area contributed by atoms with E-state index < -0.39 is 12.0 Å². The summed E-state index contributed by atoms with van der Waals surface area (Å²) < 4.78 is 49.5. The first-order chi connectivity index (χ1) is 15.8. The molecule has 2 saturated heterocycles. The fourth-order valence-corrected chi connectivity index (χ4v) is 5.30. The van der Waals surface area contributed by atoms with E-state index in [1.807, 2.05) is 31.2 Å². The van der Waals surface area contributed by atoms with Crippen LogP contribution in [0.5, 0.6) is 5.75 Å². The van der Waals surface area contributed by atoms with Crippen LogP contribution >= 0.6 is 0 Å². The Kier molecular flexibility index (Phi) is 5.74. The third-order valence-corrected chi connectivity index (χ3v) is 6.69. The molecule has 0 saturated carbocycles. The highest BCUT2D eigenvalue weighted by atomic mass is 19.4. The number of hydrogen-bond acceptors (Lipinski definition) is 5. The van der Waals surface area contributed by atoms with Crippen LogP contribution in [0.2, 0.25) is 0 Å². The van der Waals surface area contributed by atoms with Crippen LogP contribution in [0.25, 0.3) is 0 Å². The van der Waals surface area contributed by atoms with Crippen LogP contribution in [0.15, 0.2) is 60.4 Å². The van der Waals surface area contributed by atoms with Crippen molar-refractivity contribution in [3.8, 4) is 5.75 Å². The van der Waals surface area contributed by atoms with E-state index in [0.29, 0.717) is 19.6 Å². The Hall–Kier alpha value is -2.71. The molecule has 3 aliphatic rings. The molecule has 1 spiro atoms. The van der Waals surface area contributed by atoms with Gasteiger partial charge in [0.1, 0.15) is 11.5 Å². The Morgan fingerprint density at radius 3 is 2.70 bits per heavy atom. The lowest BCUT2D eigenvalue weighted by Gasteiger charge is -2.41. The summed E-state index contributed by atoms with van der Waals surface area (Å²) in [6.45, 7) is 3.72. The smallest absolute Gasteiger partial charge is 0.406 e. The van der Waals surface area contributed by atoms with Crippen molar-refractivity contribution in [2.24, 2.45) is 0 Å². The molecule has 0 unspecified atom stereocenters. The highest BCUT2D eigenvalue weighted by Gasteiger charge is 2.49. The molecule has 1 N–H and O–H groups in total. The minimum atomic E-state index is -4.75. The number of halogens is 3. The second-order valence-electron chi connectivity index (χ2n) is 8.91. The summed E-state index contributed by atoms with van der Waals surface area (Å²) in [6, 6.07) is 14.7. The predicted octanol–water partition coefficient (Wildman–Crippen LogP) is 5.61. The number of piperidine rings is 1. The molecule has 2 fully saturated rings. The molecule has 8 heteroatoms. The van der Waals surface area contributed by atoms with Gasteiger partial charge in [-0.25, -0.2) is 5.06 Å². The fourth-order valence-electron chi connectivity index (χ4n) is 5.30. The number of nitrogens with zero attached hydrogens (tertiary/aromatic N) is 1. The van der Waals surface area contributed by atoms with Gasteiger partial charge in [0, 0.05) is 5.92 Å². The van der Waals surface area contributed by atoms with Crippen molar-refractivity contribution < 1.29 is 27.5 Å². The van der Waals surface area contributed by atoms with Crippen LogP contribution in [0.4, 0.5) is 18.9 Å². The number of benzene rings is 2. The number of allylic oxidation sites excluding steroid dienone is 1. The summed E-state index contributed by atoms with van der Waals surface area (Å²) in [5, 5.41) is 5.33. The normalized spacial score (nSPS) is 27.5. The molecule has 3 aliphatic heterocycles. The van der Waals surface area contributed by atoms with E-state index in [1.54, 1.807) is 11.1 Å². The van der Waals surface area contributed by atoms with Gasteiger partial charge in [0.25, 0.3) is 0 Å². The van der Waals surface area contributed by atoms with Gasteiger partial charge in [0.15, 0.2) is 0 Å². The SMILES string of the molecule is CC1=CCN(c2ccc(OC(F)(F)F)cc2[C@@H]2CO[C@]3(CCCN[C@H]3c3ccccc3)C2)O1. The minimum absolute atomic E-state index is 0.0301. The van der Waals surface area contributed by atoms with E-state index in [4.69, 9.17) is 9.57 Å². The molecule has 0 radical (unpaired) electrons. The number of anilines is 1. The second kappa shape index (κ2) is 8.57. The maximum atomic E-state index is 12.9. The van der Waals surface area contributed by atoms with E-state index in [-0.39, 0.29) is 17.7 Å². The summed E-state index contributed by atoms with van der Waals surface area (Å²) in [5.74, 6) is 0.441. The van der Waals surface area contributed by atoms with Gasteiger partial charge < -0.3 is 19.6 Å². The number of nitrogens with one attached hydrogen (secondary N) is 1. The topological polar surface area (TPSA) is 43.0 Å². The van der Waals surface area contributed by atoms with E-state index in [9.17, 15) is 13.2 Å². The first-order valence-corrected chi connectivity index (χ1v) is 11.3. The van der Waals surface area contributed by atoms with Gasteiger partial charge in [-0.2, -0.15) is 0 Å². The molecule has 3 heterocycles. The number of hydrogen-bond donors (Lipinski definition) is 1. The first-order valence-electron chi connectivity index (χ1n) is 11.3. The van der Waals surface area contributed by atoms with Gasteiger partial charge in [-0.15, -0.1) is 13.2 Å². The van der Waals surface area contributed by atoms with Crippen molar-refractivity contribution in [2.75, 3.05) is 24.8 Å². The third kappa shape index (κ3) is 4.54. The van der Waals surface area contributed by atoms with Crippen molar-refractivity contribution in [1.29, 1.82) is 0 Å². The Morgan fingerprint density at radius 1 is 1.15 bits per heavy atom. The zero-order valence-corrected chi connectivity index (χ0v) is 18.4. The largest absolute Gasteiger partial charge is 0.573 e. The fraction of sp³-hybridized carbons (Fsp3) is 0.440. The van der Waals surface area contributed by atoms with Crippen molar-refractivity contribution in [2.45, 2.75) is 50.1 Å². The monoisotopic (exact) mass is 460 g/mol. The second-order valence-corrected chi connectivity index (χ2v) is 8.91. The lowest BCUT2D eigenvalue weighted by atomic mass is 9.76. The van der Waals surface area contributed by atoms with E-state index in [0.717, 1.165) is 42.0 Å². The Bertz CT molecular complexity index is 1030. The van der Waals surface area contributed by atoms with Crippen LogP contribution in [0.1, 0.15) is 49.3 Å². The molecular formula is C25H27F3N2O3. The van der Waals surface area contributed by atoms with E-state index in [1.165, 1.54) is 12.1 Å². The summed E-state index contributed by atoms with van der Waals surface area (Å²) in [4.78, 5) is 5.79. The lowest BCUT2D eigenvalue weighted by molar-refractivity contribution is -0.274. The maximum absolute atomic E-state index is 12.9. The highest BCUT2D eigenvalue weighted by molar-refractivity contribution is 5.58. The molecule has 0 aromatic heterocycles. The van der Waals surface area contributed by atoms with Crippen molar-refractivity contribution in [3.05, 3.63) is 71.5 Å². The van der Waals surface area contributed by atoms with Crippen LogP contribution in [0, 0.1) is 0 Å². The standard InChI is InChI=1S/C25H27F3N2O3/c1-17-10-13-30(33-17)22-9-8-20(32-25(26,27)28)14-21(22)19-15-24(31-16-19)11-5-12-29-23(24)18-6-3-2-4-7-18/h2-4,6-10,14,19,23,29H,5,11-13,15-16H2,1H3/t19-,23-,24+/m0/s1. The first kappa shape index (κ1) is 22.1.